The summed E-state index contributed by atoms with van der Waals surface area (Å²) in [6.07, 6.45) is 7.03. The fourth-order valence-electron chi connectivity index (χ4n) is 5.50. The van der Waals surface area contributed by atoms with E-state index in [4.69, 9.17) is 4.74 Å². The van der Waals surface area contributed by atoms with Crippen LogP contribution in [0.4, 0.5) is 0 Å². The Kier molecular flexibility index (Phi) is 4.07. The Morgan fingerprint density at radius 1 is 1.23 bits per heavy atom. The predicted molar refractivity (Wildman–Crippen MR) is 87.6 cm³/mol. The summed E-state index contributed by atoms with van der Waals surface area (Å²) in [5, 5.41) is 0. The quantitative estimate of drug-likeness (QED) is 0.563. The van der Waals surface area contributed by atoms with Gasteiger partial charge in [-0.25, -0.2) is 0 Å². The standard InChI is InChI=1S/C17H26BrNO3/c1-11(15(21)19(2)3)22-14(20)9-16-5-12-4-13(6-16)8-17(18,7-12)10-16/h11-13H,4-10H2,1-3H3. The molecule has 4 rings (SSSR count). The summed E-state index contributed by atoms with van der Waals surface area (Å²) >= 11 is 3.96. The lowest BCUT2D eigenvalue weighted by molar-refractivity contribution is -0.163. The van der Waals surface area contributed by atoms with Crippen LogP contribution in [0.2, 0.25) is 0 Å². The van der Waals surface area contributed by atoms with Gasteiger partial charge in [0.1, 0.15) is 0 Å². The maximum absolute atomic E-state index is 12.4. The Bertz CT molecular complexity index is 476. The van der Waals surface area contributed by atoms with E-state index in [9.17, 15) is 9.59 Å². The van der Waals surface area contributed by atoms with Crippen LogP contribution in [0, 0.1) is 17.3 Å². The van der Waals surface area contributed by atoms with E-state index in [0.29, 0.717) is 6.42 Å². The molecular formula is C17H26BrNO3. The van der Waals surface area contributed by atoms with Crippen LogP contribution in [0.1, 0.15) is 51.9 Å². The number of alkyl halides is 1. The minimum absolute atomic E-state index is 0.103. The van der Waals surface area contributed by atoms with Gasteiger partial charge in [-0.05, 0) is 62.7 Å². The SMILES string of the molecule is CC(OC(=O)CC12CC3CC(CC(Br)(C3)C1)C2)C(=O)N(C)C. The van der Waals surface area contributed by atoms with Gasteiger partial charge in [0.2, 0.25) is 0 Å². The highest BCUT2D eigenvalue weighted by molar-refractivity contribution is 9.10. The van der Waals surface area contributed by atoms with Crippen molar-refractivity contribution in [3.8, 4) is 0 Å². The summed E-state index contributed by atoms with van der Waals surface area (Å²) in [7, 11) is 3.36. The Hall–Kier alpha value is -0.580. The normalized spacial score (nSPS) is 40.4. The molecule has 0 aromatic carbocycles. The highest BCUT2D eigenvalue weighted by Gasteiger charge is 2.57. The Morgan fingerprint density at radius 2 is 1.82 bits per heavy atom. The molecule has 4 saturated carbocycles. The number of halogens is 1. The number of hydrogen-bond donors (Lipinski definition) is 0. The van der Waals surface area contributed by atoms with Crippen molar-refractivity contribution in [3.63, 3.8) is 0 Å². The number of amides is 1. The van der Waals surface area contributed by atoms with Gasteiger partial charge in [-0.15, -0.1) is 0 Å². The summed E-state index contributed by atoms with van der Waals surface area (Å²) in [4.78, 5) is 25.7. The molecule has 0 aromatic heterocycles. The summed E-state index contributed by atoms with van der Waals surface area (Å²) in [6, 6.07) is 0. The lowest BCUT2D eigenvalue weighted by Gasteiger charge is -2.60. The smallest absolute Gasteiger partial charge is 0.307 e. The first-order chi connectivity index (χ1) is 10.2. The highest BCUT2D eigenvalue weighted by Crippen LogP contribution is 2.65. The largest absolute Gasteiger partial charge is 0.453 e. The molecule has 4 fully saturated rings. The minimum Gasteiger partial charge on any atom is -0.453 e. The summed E-state index contributed by atoms with van der Waals surface area (Å²) in [5.74, 6) is 1.15. The van der Waals surface area contributed by atoms with Crippen LogP contribution in [0.25, 0.3) is 0 Å². The second-order valence-corrected chi connectivity index (χ2v) is 9.84. The molecule has 0 aliphatic heterocycles. The fourth-order valence-corrected chi connectivity index (χ4v) is 7.01. The fraction of sp³-hybridized carbons (Fsp3) is 0.882. The van der Waals surface area contributed by atoms with Gasteiger partial charge in [0, 0.05) is 18.4 Å². The van der Waals surface area contributed by atoms with E-state index >= 15 is 0 Å². The van der Waals surface area contributed by atoms with E-state index in [1.807, 2.05) is 0 Å². The van der Waals surface area contributed by atoms with Crippen LogP contribution in [0.15, 0.2) is 0 Å². The van der Waals surface area contributed by atoms with Gasteiger partial charge in [0.05, 0.1) is 6.42 Å². The third-order valence-electron chi connectivity index (χ3n) is 5.73. The molecule has 3 unspecified atom stereocenters. The zero-order valence-corrected chi connectivity index (χ0v) is 15.3. The number of carbonyl (C=O) groups is 2. The lowest BCUT2D eigenvalue weighted by atomic mass is 9.49. The molecule has 3 atom stereocenters. The molecule has 4 bridgehead atoms. The summed E-state index contributed by atoms with van der Waals surface area (Å²) < 4.78 is 5.65. The Balaban J connectivity index is 1.63. The number of rotatable bonds is 4. The van der Waals surface area contributed by atoms with Gasteiger partial charge in [-0.1, -0.05) is 15.9 Å². The van der Waals surface area contributed by atoms with E-state index in [2.05, 4.69) is 15.9 Å². The average molecular weight is 372 g/mol. The van der Waals surface area contributed by atoms with Gasteiger partial charge < -0.3 is 9.64 Å². The van der Waals surface area contributed by atoms with Crippen LogP contribution in [0.5, 0.6) is 0 Å². The summed E-state index contributed by atoms with van der Waals surface area (Å²) in [5.41, 5.74) is 0.103. The third kappa shape index (κ3) is 3.06. The van der Waals surface area contributed by atoms with Gasteiger partial charge in [0.15, 0.2) is 6.10 Å². The second kappa shape index (κ2) is 5.50. The van der Waals surface area contributed by atoms with E-state index in [-0.39, 0.29) is 21.6 Å². The van der Waals surface area contributed by atoms with E-state index in [1.165, 1.54) is 24.2 Å². The Morgan fingerprint density at radius 3 is 2.32 bits per heavy atom. The molecule has 4 aliphatic rings. The molecule has 5 heteroatoms. The molecule has 0 N–H and O–H groups in total. The Labute approximate surface area is 141 Å². The zero-order chi connectivity index (χ0) is 16.1. The van der Waals surface area contributed by atoms with Crippen LogP contribution >= 0.6 is 15.9 Å². The van der Waals surface area contributed by atoms with Crippen molar-refractivity contribution in [1.82, 2.24) is 4.90 Å². The highest BCUT2D eigenvalue weighted by atomic mass is 79.9. The van der Waals surface area contributed by atoms with Crippen LogP contribution in [-0.4, -0.2) is 41.3 Å². The van der Waals surface area contributed by atoms with Crippen LogP contribution in [0.3, 0.4) is 0 Å². The maximum Gasteiger partial charge on any atom is 0.307 e. The molecule has 0 radical (unpaired) electrons. The van der Waals surface area contributed by atoms with Crippen molar-refractivity contribution in [1.29, 1.82) is 0 Å². The molecular weight excluding hydrogens is 346 g/mol. The molecule has 0 spiro atoms. The number of nitrogens with zero attached hydrogens (tertiary/aromatic N) is 1. The maximum atomic E-state index is 12.4. The second-order valence-electron chi connectivity index (χ2n) is 8.15. The molecule has 1 amide bonds. The number of likely N-dealkylation sites (N-methyl/N-ethyl adjacent to an activating group) is 1. The van der Waals surface area contributed by atoms with Gasteiger partial charge >= 0.3 is 5.97 Å². The number of carbonyl (C=O) groups excluding carboxylic acids is 2. The van der Waals surface area contributed by atoms with Gasteiger partial charge in [-0.3, -0.25) is 9.59 Å². The van der Waals surface area contributed by atoms with Crippen molar-refractivity contribution in [2.75, 3.05) is 14.1 Å². The molecule has 0 heterocycles. The van der Waals surface area contributed by atoms with Crippen molar-refractivity contribution in [2.24, 2.45) is 17.3 Å². The van der Waals surface area contributed by atoms with Crippen LogP contribution in [-0.2, 0) is 14.3 Å². The first kappa shape index (κ1) is 16.3. The first-order valence-corrected chi connectivity index (χ1v) is 9.09. The molecule has 4 nitrogen and oxygen atoms in total. The number of esters is 1. The van der Waals surface area contributed by atoms with Crippen molar-refractivity contribution in [3.05, 3.63) is 0 Å². The van der Waals surface area contributed by atoms with E-state index in [0.717, 1.165) is 31.1 Å². The van der Waals surface area contributed by atoms with Crippen molar-refractivity contribution >= 4 is 27.8 Å². The topological polar surface area (TPSA) is 46.6 Å². The number of hydrogen-bond acceptors (Lipinski definition) is 3. The van der Waals surface area contributed by atoms with E-state index < -0.39 is 6.10 Å². The van der Waals surface area contributed by atoms with E-state index in [1.54, 1.807) is 21.0 Å². The van der Waals surface area contributed by atoms with Crippen molar-refractivity contribution < 1.29 is 14.3 Å². The van der Waals surface area contributed by atoms with Gasteiger partial charge in [-0.2, -0.15) is 0 Å². The monoisotopic (exact) mass is 371 g/mol. The van der Waals surface area contributed by atoms with Gasteiger partial charge in [0.25, 0.3) is 5.91 Å². The van der Waals surface area contributed by atoms with Crippen molar-refractivity contribution in [2.45, 2.75) is 62.3 Å². The summed E-state index contributed by atoms with van der Waals surface area (Å²) in [6.45, 7) is 1.66. The minimum atomic E-state index is -0.686. The lowest BCUT2D eigenvalue weighted by Crippen LogP contribution is -2.53. The molecule has 124 valence electrons. The third-order valence-corrected chi connectivity index (χ3v) is 6.65. The molecule has 4 aliphatic carbocycles. The molecule has 0 saturated heterocycles. The van der Waals surface area contributed by atoms with Crippen LogP contribution < -0.4 is 0 Å². The molecule has 22 heavy (non-hydrogen) atoms. The first-order valence-electron chi connectivity index (χ1n) is 8.30. The zero-order valence-electron chi connectivity index (χ0n) is 13.7. The number of ether oxygens (including phenoxy) is 1. The average Bonchev–Trinajstić information content (AvgIpc) is 2.33. The molecule has 0 aromatic rings. The predicted octanol–water partition coefficient (Wildman–Crippen LogP) is 3.13.